The van der Waals surface area contributed by atoms with Crippen LogP contribution in [-0.2, 0) is 6.54 Å². The van der Waals surface area contributed by atoms with Crippen molar-refractivity contribution in [2.45, 2.75) is 26.4 Å². The van der Waals surface area contributed by atoms with Crippen LogP contribution in [0.2, 0.25) is 0 Å². The Morgan fingerprint density at radius 1 is 1.44 bits per heavy atom. The topological polar surface area (TPSA) is 30.5 Å². The Hall–Kier alpha value is -1.19. The van der Waals surface area contributed by atoms with Crippen molar-refractivity contribution in [3.63, 3.8) is 0 Å². The fourth-order valence-electron chi connectivity index (χ4n) is 1.41. The number of halogens is 1. The van der Waals surface area contributed by atoms with Crippen molar-refractivity contribution in [3.05, 3.63) is 35.4 Å². The number of hydrogen-bond acceptors (Lipinski definition) is 3. The minimum Gasteiger partial charge on any atom is -0.497 e. The van der Waals surface area contributed by atoms with Crippen LogP contribution in [0.25, 0.3) is 0 Å². The Morgan fingerprint density at radius 3 is 2.72 bits per heavy atom. The summed E-state index contributed by atoms with van der Waals surface area (Å²) in [6.45, 7) is 8.85. The zero-order valence-corrected chi connectivity index (χ0v) is 11.9. The summed E-state index contributed by atoms with van der Waals surface area (Å²) in [6.07, 6.45) is 0. The van der Waals surface area contributed by atoms with Crippen LogP contribution >= 0.6 is 11.6 Å². The molecule has 0 unspecified atom stereocenters. The standard InChI is InChI=1S/C14H20ClNO2/c1-10(2)16-8-12-5-6-13(17-4)7-14(12)18-9-11(3)15/h5-7,10,16H,3,8-9H2,1-2,4H3. The molecule has 1 aromatic rings. The van der Waals surface area contributed by atoms with E-state index in [1.54, 1.807) is 7.11 Å². The molecule has 1 aromatic carbocycles. The van der Waals surface area contributed by atoms with Gasteiger partial charge >= 0.3 is 0 Å². The molecule has 0 aliphatic heterocycles. The first kappa shape index (κ1) is 14.9. The number of ether oxygens (including phenoxy) is 2. The smallest absolute Gasteiger partial charge is 0.128 e. The first-order chi connectivity index (χ1) is 8.52. The van der Waals surface area contributed by atoms with E-state index < -0.39 is 0 Å². The maximum Gasteiger partial charge on any atom is 0.128 e. The number of hydrogen-bond donors (Lipinski definition) is 1. The zero-order chi connectivity index (χ0) is 13.5. The van der Waals surface area contributed by atoms with Crippen molar-refractivity contribution >= 4 is 11.6 Å². The van der Waals surface area contributed by atoms with E-state index in [4.69, 9.17) is 21.1 Å². The van der Waals surface area contributed by atoms with Gasteiger partial charge in [-0.25, -0.2) is 0 Å². The van der Waals surface area contributed by atoms with Gasteiger partial charge in [-0.05, 0) is 6.07 Å². The van der Waals surface area contributed by atoms with Crippen LogP contribution in [0.15, 0.2) is 29.8 Å². The predicted molar refractivity (Wildman–Crippen MR) is 75.5 cm³/mol. The van der Waals surface area contributed by atoms with Gasteiger partial charge in [0.1, 0.15) is 18.1 Å². The van der Waals surface area contributed by atoms with Gasteiger partial charge in [-0.3, -0.25) is 0 Å². The fraction of sp³-hybridized carbons (Fsp3) is 0.429. The lowest BCUT2D eigenvalue weighted by Gasteiger charge is -2.14. The number of methoxy groups -OCH3 is 1. The van der Waals surface area contributed by atoms with Gasteiger partial charge < -0.3 is 14.8 Å². The Balaban J connectivity index is 2.82. The van der Waals surface area contributed by atoms with Crippen LogP contribution in [0.3, 0.4) is 0 Å². The van der Waals surface area contributed by atoms with Gasteiger partial charge in [0.2, 0.25) is 0 Å². The molecule has 0 amide bonds. The van der Waals surface area contributed by atoms with Crippen molar-refractivity contribution in [2.75, 3.05) is 13.7 Å². The Morgan fingerprint density at radius 2 is 2.17 bits per heavy atom. The number of nitrogens with one attached hydrogen (secondary N) is 1. The molecule has 1 rings (SSSR count). The largest absolute Gasteiger partial charge is 0.497 e. The zero-order valence-electron chi connectivity index (χ0n) is 11.1. The molecule has 0 saturated carbocycles. The lowest BCUT2D eigenvalue weighted by molar-refractivity contribution is 0.348. The van der Waals surface area contributed by atoms with E-state index in [1.165, 1.54) is 0 Å². The molecule has 0 radical (unpaired) electrons. The molecule has 0 fully saturated rings. The summed E-state index contributed by atoms with van der Waals surface area (Å²) in [7, 11) is 1.63. The Bertz CT molecular complexity index is 405. The summed E-state index contributed by atoms with van der Waals surface area (Å²) in [5.41, 5.74) is 1.07. The van der Waals surface area contributed by atoms with Gasteiger partial charge in [-0.15, -0.1) is 0 Å². The lowest BCUT2D eigenvalue weighted by atomic mass is 10.2. The third kappa shape index (κ3) is 4.98. The molecule has 0 atom stereocenters. The summed E-state index contributed by atoms with van der Waals surface area (Å²) in [5.74, 6) is 1.53. The second-order valence-corrected chi connectivity index (χ2v) is 4.85. The molecule has 0 bridgehead atoms. The van der Waals surface area contributed by atoms with Crippen molar-refractivity contribution < 1.29 is 9.47 Å². The molecular weight excluding hydrogens is 250 g/mol. The van der Waals surface area contributed by atoms with Gasteiger partial charge in [0.15, 0.2) is 0 Å². The highest BCUT2D eigenvalue weighted by atomic mass is 35.5. The second kappa shape index (κ2) is 7.29. The van der Waals surface area contributed by atoms with Crippen molar-refractivity contribution in [2.24, 2.45) is 0 Å². The maximum atomic E-state index is 5.71. The average molecular weight is 270 g/mol. The molecule has 1 N–H and O–H groups in total. The van der Waals surface area contributed by atoms with Crippen LogP contribution in [0.4, 0.5) is 0 Å². The molecule has 3 nitrogen and oxygen atoms in total. The normalized spacial score (nSPS) is 10.5. The molecule has 0 heterocycles. The maximum absolute atomic E-state index is 5.71. The molecule has 0 aliphatic carbocycles. The third-order valence-electron chi connectivity index (χ3n) is 2.36. The van der Waals surface area contributed by atoms with Crippen LogP contribution in [0.1, 0.15) is 19.4 Å². The van der Waals surface area contributed by atoms with Crippen LogP contribution in [0.5, 0.6) is 11.5 Å². The molecule has 0 saturated heterocycles. The lowest BCUT2D eigenvalue weighted by Crippen LogP contribution is -2.22. The highest BCUT2D eigenvalue weighted by Gasteiger charge is 2.07. The van der Waals surface area contributed by atoms with Crippen molar-refractivity contribution in [1.82, 2.24) is 5.32 Å². The van der Waals surface area contributed by atoms with E-state index in [0.717, 1.165) is 23.6 Å². The Kier molecular flexibility index (Phi) is 6.02. The number of benzene rings is 1. The minimum absolute atomic E-state index is 0.295. The van der Waals surface area contributed by atoms with E-state index in [2.05, 4.69) is 25.7 Å². The summed E-state index contributed by atoms with van der Waals surface area (Å²) < 4.78 is 10.8. The highest BCUT2D eigenvalue weighted by molar-refractivity contribution is 6.29. The van der Waals surface area contributed by atoms with Crippen molar-refractivity contribution in [1.29, 1.82) is 0 Å². The molecule has 0 aromatic heterocycles. The summed E-state index contributed by atoms with van der Waals surface area (Å²) in [4.78, 5) is 0. The van der Waals surface area contributed by atoms with Gasteiger partial charge in [-0.1, -0.05) is 38.1 Å². The molecule has 4 heteroatoms. The van der Waals surface area contributed by atoms with Gasteiger partial charge in [0, 0.05) is 29.2 Å². The first-order valence-electron chi connectivity index (χ1n) is 5.89. The van der Waals surface area contributed by atoms with Crippen LogP contribution in [0, 0.1) is 0 Å². The second-order valence-electron chi connectivity index (χ2n) is 4.32. The van der Waals surface area contributed by atoms with E-state index >= 15 is 0 Å². The molecular formula is C14H20ClNO2. The third-order valence-corrected chi connectivity index (χ3v) is 2.47. The van der Waals surface area contributed by atoms with Gasteiger partial charge in [0.25, 0.3) is 0 Å². The summed E-state index contributed by atoms with van der Waals surface area (Å²) >= 11 is 5.71. The van der Waals surface area contributed by atoms with Gasteiger partial charge in [-0.2, -0.15) is 0 Å². The Labute approximate surface area is 114 Å². The monoisotopic (exact) mass is 269 g/mol. The molecule has 100 valence electrons. The van der Waals surface area contributed by atoms with E-state index in [9.17, 15) is 0 Å². The van der Waals surface area contributed by atoms with E-state index in [-0.39, 0.29) is 0 Å². The van der Waals surface area contributed by atoms with Crippen LogP contribution in [-0.4, -0.2) is 19.8 Å². The van der Waals surface area contributed by atoms with Crippen LogP contribution < -0.4 is 14.8 Å². The van der Waals surface area contributed by atoms with Gasteiger partial charge in [0.05, 0.1) is 7.11 Å². The quantitative estimate of drug-likeness (QED) is 0.824. The highest BCUT2D eigenvalue weighted by Crippen LogP contribution is 2.25. The van der Waals surface area contributed by atoms with E-state index in [0.29, 0.717) is 17.7 Å². The van der Waals surface area contributed by atoms with E-state index in [1.807, 2.05) is 18.2 Å². The number of rotatable bonds is 7. The fourth-order valence-corrected chi connectivity index (χ4v) is 1.47. The molecule has 0 spiro atoms. The predicted octanol–water partition coefficient (Wildman–Crippen LogP) is 3.32. The molecule has 18 heavy (non-hydrogen) atoms. The minimum atomic E-state index is 0.295. The van der Waals surface area contributed by atoms with Crippen molar-refractivity contribution in [3.8, 4) is 11.5 Å². The summed E-state index contributed by atoms with van der Waals surface area (Å²) in [6, 6.07) is 6.18. The summed E-state index contributed by atoms with van der Waals surface area (Å²) in [5, 5.41) is 3.82. The first-order valence-corrected chi connectivity index (χ1v) is 6.27. The average Bonchev–Trinajstić information content (AvgIpc) is 2.34. The molecule has 0 aliphatic rings. The SMILES string of the molecule is C=C(Cl)COc1cc(OC)ccc1CNC(C)C.